The summed E-state index contributed by atoms with van der Waals surface area (Å²) >= 11 is 1.32. The largest absolute Gasteiger partial charge is 0.480 e. The molecule has 0 saturated carbocycles. The zero-order valence-electron chi connectivity index (χ0n) is 11.5. The van der Waals surface area contributed by atoms with E-state index in [2.05, 4.69) is 5.32 Å². The van der Waals surface area contributed by atoms with Crippen LogP contribution in [0.1, 0.15) is 23.3 Å². The van der Waals surface area contributed by atoms with Crippen molar-refractivity contribution in [1.29, 1.82) is 0 Å². The number of nitrogens with one attached hydrogen (secondary N) is 1. The Bertz CT molecular complexity index is 478. The summed E-state index contributed by atoms with van der Waals surface area (Å²) in [7, 11) is 0. The van der Waals surface area contributed by atoms with Crippen molar-refractivity contribution >= 4 is 23.6 Å². The summed E-state index contributed by atoms with van der Waals surface area (Å²) < 4.78 is 0. The van der Waals surface area contributed by atoms with E-state index in [1.54, 1.807) is 0 Å². The van der Waals surface area contributed by atoms with E-state index in [4.69, 9.17) is 5.11 Å². The molecule has 0 bridgehead atoms. The van der Waals surface area contributed by atoms with Crippen molar-refractivity contribution in [2.75, 3.05) is 12.4 Å². The Morgan fingerprint density at radius 2 is 2.10 bits per heavy atom. The molecule has 0 heterocycles. The Hall–Kier alpha value is -1.53. The van der Waals surface area contributed by atoms with Gasteiger partial charge in [0.25, 0.3) is 0 Å². The molecule has 1 amide bonds. The quantitative estimate of drug-likeness (QED) is 0.707. The van der Waals surface area contributed by atoms with Gasteiger partial charge in [0.05, 0.1) is 11.9 Å². The van der Waals surface area contributed by atoms with E-state index < -0.39 is 12.0 Å². The molecule has 2 unspecified atom stereocenters. The van der Waals surface area contributed by atoms with Crippen molar-refractivity contribution in [2.45, 2.75) is 25.1 Å². The van der Waals surface area contributed by atoms with E-state index in [0.29, 0.717) is 0 Å². The van der Waals surface area contributed by atoms with Crippen molar-refractivity contribution in [3.63, 3.8) is 0 Å². The highest BCUT2D eigenvalue weighted by Gasteiger charge is 2.21. The Morgan fingerprint density at radius 1 is 1.40 bits per heavy atom. The molecule has 0 aliphatic heterocycles. The summed E-state index contributed by atoms with van der Waals surface area (Å²) in [6, 6.07) is 6.77. The van der Waals surface area contributed by atoms with E-state index in [-0.39, 0.29) is 23.5 Å². The first-order chi connectivity index (χ1) is 9.43. The van der Waals surface area contributed by atoms with Crippen LogP contribution in [0.2, 0.25) is 0 Å². The molecule has 3 N–H and O–H groups in total. The lowest BCUT2D eigenvalue weighted by molar-refractivity contribution is -0.140. The van der Waals surface area contributed by atoms with Gasteiger partial charge in [-0.3, -0.25) is 4.79 Å². The summed E-state index contributed by atoms with van der Waals surface area (Å²) in [6.45, 7) is 3.16. The van der Waals surface area contributed by atoms with Crippen molar-refractivity contribution in [3.05, 3.63) is 35.4 Å². The maximum atomic E-state index is 11.0. The lowest BCUT2D eigenvalue weighted by Gasteiger charge is -2.18. The van der Waals surface area contributed by atoms with Gasteiger partial charge in [0.15, 0.2) is 0 Å². The van der Waals surface area contributed by atoms with E-state index >= 15 is 0 Å². The highest BCUT2D eigenvalue weighted by atomic mass is 32.2. The number of aliphatic hydroxyl groups excluding tert-OH is 1. The molecule has 0 fully saturated rings. The number of carboxylic acids is 1. The summed E-state index contributed by atoms with van der Waals surface area (Å²) in [5.41, 5.74) is 2.03. The zero-order chi connectivity index (χ0) is 15.1. The highest BCUT2D eigenvalue weighted by molar-refractivity contribution is 7.99. The standard InChI is InChI=1S/C14H19NO4S/c1-9-4-3-5-11(6-9)13(7-16)20-8-12(14(18)19)15-10(2)17/h3-6,12-13,16H,7-8H2,1-2H3,(H,15,17)(H,18,19). The number of aliphatic hydroxyl groups is 1. The summed E-state index contributed by atoms with van der Waals surface area (Å²) in [5.74, 6) is -1.25. The summed E-state index contributed by atoms with van der Waals surface area (Å²) in [6.07, 6.45) is 0. The molecule has 20 heavy (non-hydrogen) atoms. The van der Waals surface area contributed by atoms with Crippen LogP contribution >= 0.6 is 11.8 Å². The first-order valence-electron chi connectivity index (χ1n) is 6.23. The molecule has 1 aromatic rings. The van der Waals surface area contributed by atoms with Crippen molar-refractivity contribution in [2.24, 2.45) is 0 Å². The van der Waals surface area contributed by atoms with Crippen molar-refractivity contribution in [3.8, 4) is 0 Å². The topological polar surface area (TPSA) is 86.6 Å². The SMILES string of the molecule is CC(=O)NC(CSC(CO)c1cccc(C)c1)C(=O)O. The van der Waals surface area contributed by atoms with Gasteiger partial charge in [-0.2, -0.15) is 0 Å². The number of hydrogen-bond acceptors (Lipinski definition) is 4. The van der Waals surface area contributed by atoms with Gasteiger partial charge in [-0.15, -0.1) is 11.8 Å². The molecule has 110 valence electrons. The number of amides is 1. The minimum absolute atomic E-state index is 0.0828. The molecule has 0 aliphatic carbocycles. The zero-order valence-corrected chi connectivity index (χ0v) is 12.3. The van der Waals surface area contributed by atoms with E-state index in [1.807, 2.05) is 31.2 Å². The molecule has 2 atom stereocenters. The molecule has 0 radical (unpaired) electrons. The number of carboxylic acid groups (broad SMARTS) is 1. The van der Waals surface area contributed by atoms with Crippen LogP contribution < -0.4 is 5.32 Å². The predicted octanol–water partition coefficient (Wildman–Crippen LogP) is 1.35. The van der Waals surface area contributed by atoms with E-state index in [1.165, 1.54) is 18.7 Å². The molecular formula is C14H19NO4S. The molecule has 0 aliphatic rings. The fraction of sp³-hybridized carbons (Fsp3) is 0.429. The van der Waals surface area contributed by atoms with Crippen LogP contribution in [0.5, 0.6) is 0 Å². The maximum absolute atomic E-state index is 11.0. The Kier molecular flexibility index (Phi) is 6.54. The molecule has 6 heteroatoms. The Labute approximate surface area is 122 Å². The number of rotatable bonds is 7. The van der Waals surface area contributed by atoms with Crippen molar-refractivity contribution in [1.82, 2.24) is 5.32 Å². The fourth-order valence-corrected chi connectivity index (χ4v) is 2.85. The van der Waals surface area contributed by atoms with Crippen LogP contribution in [-0.2, 0) is 9.59 Å². The number of thioether (sulfide) groups is 1. The lowest BCUT2D eigenvalue weighted by Crippen LogP contribution is -2.41. The van der Waals surface area contributed by atoms with Gasteiger partial charge < -0.3 is 15.5 Å². The van der Waals surface area contributed by atoms with Crippen LogP contribution in [0.4, 0.5) is 0 Å². The first-order valence-corrected chi connectivity index (χ1v) is 7.28. The maximum Gasteiger partial charge on any atom is 0.327 e. The number of hydrogen-bond donors (Lipinski definition) is 3. The smallest absolute Gasteiger partial charge is 0.327 e. The third kappa shape index (κ3) is 5.22. The first kappa shape index (κ1) is 16.5. The van der Waals surface area contributed by atoms with Gasteiger partial charge in [-0.05, 0) is 12.5 Å². The van der Waals surface area contributed by atoms with Crippen molar-refractivity contribution < 1.29 is 19.8 Å². The Morgan fingerprint density at radius 3 is 2.60 bits per heavy atom. The highest BCUT2D eigenvalue weighted by Crippen LogP contribution is 2.29. The van der Waals surface area contributed by atoms with Crippen LogP contribution in [0.15, 0.2) is 24.3 Å². The van der Waals surface area contributed by atoms with Gasteiger partial charge in [0.2, 0.25) is 5.91 Å². The number of aryl methyl sites for hydroxylation is 1. The molecule has 0 spiro atoms. The van der Waals surface area contributed by atoms with E-state index in [0.717, 1.165) is 11.1 Å². The monoisotopic (exact) mass is 297 g/mol. The molecule has 0 aromatic heterocycles. The fourth-order valence-electron chi connectivity index (χ4n) is 1.76. The summed E-state index contributed by atoms with van der Waals surface area (Å²) in [4.78, 5) is 22.0. The molecular weight excluding hydrogens is 278 g/mol. The average molecular weight is 297 g/mol. The molecule has 5 nitrogen and oxygen atoms in total. The number of carbonyl (C=O) groups excluding carboxylic acids is 1. The average Bonchev–Trinajstić information content (AvgIpc) is 2.37. The summed E-state index contributed by atoms with van der Waals surface area (Å²) in [5, 5.41) is 20.7. The predicted molar refractivity (Wildman–Crippen MR) is 78.7 cm³/mol. The third-order valence-corrected chi connectivity index (χ3v) is 4.07. The number of benzene rings is 1. The third-order valence-electron chi connectivity index (χ3n) is 2.72. The van der Waals surface area contributed by atoms with Gasteiger partial charge in [-0.25, -0.2) is 4.79 Å². The van der Waals surface area contributed by atoms with Crippen LogP contribution in [0.3, 0.4) is 0 Å². The lowest BCUT2D eigenvalue weighted by atomic mass is 10.1. The minimum atomic E-state index is -1.08. The van der Waals surface area contributed by atoms with Gasteiger partial charge >= 0.3 is 5.97 Å². The number of aliphatic carboxylic acids is 1. The molecule has 1 aromatic carbocycles. The van der Waals surface area contributed by atoms with Gasteiger partial charge in [0, 0.05) is 12.7 Å². The van der Waals surface area contributed by atoms with Crippen LogP contribution in [-0.4, -0.2) is 40.5 Å². The van der Waals surface area contributed by atoms with Gasteiger partial charge in [-0.1, -0.05) is 29.8 Å². The normalized spacial score (nSPS) is 13.6. The molecule has 1 rings (SSSR count). The van der Waals surface area contributed by atoms with E-state index in [9.17, 15) is 14.7 Å². The minimum Gasteiger partial charge on any atom is -0.480 e. The second-order valence-electron chi connectivity index (χ2n) is 4.51. The second kappa shape index (κ2) is 7.91. The number of carbonyl (C=O) groups is 2. The Balaban J connectivity index is 2.68. The molecule has 0 saturated heterocycles. The van der Waals surface area contributed by atoms with Gasteiger partial charge in [0.1, 0.15) is 6.04 Å². The second-order valence-corrected chi connectivity index (χ2v) is 5.75. The van der Waals surface area contributed by atoms with Crippen LogP contribution in [0.25, 0.3) is 0 Å². The van der Waals surface area contributed by atoms with Crippen LogP contribution in [0, 0.1) is 6.92 Å².